The van der Waals surface area contributed by atoms with Crippen molar-refractivity contribution in [2.75, 3.05) is 6.54 Å². The fraction of sp³-hybridized carbons (Fsp3) is 0.750. The van der Waals surface area contributed by atoms with Crippen LogP contribution in [0, 0.1) is 23.2 Å². The number of hydrogen-bond acceptors (Lipinski definition) is 8. The Kier molecular flexibility index (Phi) is 11.9. The molecule has 1 aromatic rings. The zero-order valence-electron chi connectivity index (χ0n) is 29.5. The molecular weight excluding hydrogens is 626 g/mol. The van der Waals surface area contributed by atoms with Crippen LogP contribution in [0.5, 0.6) is 0 Å². The highest BCUT2D eigenvalue weighted by molar-refractivity contribution is 5.98. The molecule has 3 saturated carbocycles. The average Bonchev–Trinajstić information content (AvgIpc) is 3.65. The fourth-order valence-corrected chi connectivity index (χ4v) is 8.00. The van der Waals surface area contributed by atoms with Gasteiger partial charge in [-0.1, -0.05) is 59.8 Å². The highest BCUT2D eigenvalue weighted by Crippen LogP contribution is 2.43. The van der Waals surface area contributed by atoms with Gasteiger partial charge in [-0.2, -0.15) is 0 Å². The predicted octanol–water partition coefficient (Wildman–Crippen LogP) is 2.24. The Hall–Kier alpha value is -3.61. The Balaban J connectivity index is 1.35. The van der Waals surface area contributed by atoms with Crippen molar-refractivity contribution in [2.24, 2.45) is 23.2 Å². The summed E-state index contributed by atoms with van der Waals surface area (Å²) < 4.78 is 0. The summed E-state index contributed by atoms with van der Waals surface area (Å²) in [7, 11) is 0. The van der Waals surface area contributed by atoms with Crippen molar-refractivity contribution >= 4 is 29.5 Å². The first-order chi connectivity index (χ1) is 23.4. The molecule has 270 valence electrons. The minimum absolute atomic E-state index is 0.0544. The van der Waals surface area contributed by atoms with Crippen LogP contribution in [0.4, 0.5) is 0 Å². The third-order valence-corrected chi connectivity index (χ3v) is 10.8. The number of carbonyl (C=O) groups excluding carboxylic acids is 5. The van der Waals surface area contributed by atoms with Crippen molar-refractivity contribution in [1.82, 2.24) is 36.1 Å². The predicted molar refractivity (Wildman–Crippen MR) is 182 cm³/mol. The summed E-state index contributed by atoms with van der Waals surface area (Å²) >= 11 is 0. The summed E-state index contributed by atoms with van der Waals surface area (Å²) in [4.78, 5) is 78.5. The number of nitrogens with one attached hydrogen (secondary N) is 4. The highest BCUT2D eigenvalue weighted by Gasteiger charge is 2.52. The number of aliphatic hydroxyl groups is 1. The lowest BCUT2D eigenvalue weighted by molar-refractivity contribution is -0.146. The summed E-state index contributed by atoms with van der Waals surface area (Å²) in [5.74, 6) is -2.18. The van der Waals surface area contributed by atoms with Gasteiger partial charge in [0.2, 0.25) is 17.7 Å². The van der Waals surface area contributed by atoms with E-state index in [2.05, 4.69) is 31.2 Å². The van der Waals surface area contributed by atoms with Gasteiger partial charge in [-0.25, -0.2) is 4.98 Å². The number of aromatic nitrogens is 2. The number of aliphatic hydroxyl groups excluding tert-OH is 1. The molecule has 0 aromatic carbocycles. The number of nitrogens with zero attached hydrogens (tertiary/aromatic N) is 3. The molecule has 4 aliphatic rings. The molecule has 3 aliphatic carbocycles. The van der Waals surface area contributed by atoms with E-state index >= 15 is 0 Å². The normalized spacial score (nSPS) is 25.0. The second-order valence-corrected chi connectivity index (χ2v) is 15.7. The second kappa shape index (κ2) is 15.9. The molecule has 0 bridgehead atoms. The van der Waals surface area contributed by atoms with Crippen LogP contribution in [0.1, 0.15) is 115 Å². The maximum atomic E-state index is 14.6. The van der Waals surface area contributed by atoms with E-state index in [9.17, 15) is 29.1 Å². The van der Waals surface area contributed by atoms with Crippen molar-refractivity contribution in [3.05, 3.63) is 24.3 Å². The van der Waals surface area contributed by atoms with Crippen LogP contribution in [-0.4, -0.2) is 92.4 Å². The van der Waals surface area contributed by atoms with Gasteiger partial charge in [-0.15, -0.1) is 0 Å². The van der Waals surface area contributed by atoms with Crippen molar-refractivity contribution in [3.63, 3.8) is 0 Å². The van der Waals surface area contributed by atoms with E-state index in [1.165, 1.54) is 18.6 Å². The minimum Gasteiger partial charge on any atom is -0.381 e. The van der Waals surface area contributed by atoms with Gasteiger partial charge in [0, 0.05) is 25.0 Å². The fourth-order valence-electron chi connectivity index (χ4n) is 8.00. The van der Waals surface area contributed by atoms with E-state index in [0.717, 1.165) is 64.2 Å². The highest BCUT2D eigenvalue weighted by atomic mass is 16.3. The van der Waals surface area contributed by atoms with Crippen LogP contribution in [0.2, 0.25) is 0 Å². The van der Waals surface area contributed by atoms with Gasteiger partial charge in [0.1, 0.15) is 23.8 Å². The van der Waals surface area contributed by atoms with E-state index in [1.807, 2.05) is 27.7 Å². The van der Waals surface area contributed by atoms with E-state index in [4.69, 9.17) is 0 Å². The lowest BCUT2D eigenvalue weighted by Crippen LogP contribution is -2.62. The molecule has 0 radical (unpaired) electrons. The number of amides is 5. The molecule has 13 heteroatoms. The Morgan fingerprint density at radius 2 is 1.65 bits per heavy atom. The Bertz CT molecular complexity index is 1340. The molecule has 2 heterocycles. The van der Waals surface area contributed by atoms with Crippen molar-refractivity contribution in [2.45, 2.75) is 141 Å². The quantitative estimate of drug-likeness (QED) is 0.210. The van der Waals surface area contributed by atoms with Gasteiger partial charge in [0.15, 0.2) is 6.10 Å². The maximum Gasteiger partial charge on any atom is 0.272 e. The molecule has 1 aromatic heterocycles. The summed E-state index contributed by atoms with van der Waals surface area (Å²) in [5.41, 5.74) is -0.618. The van der Waals surface area contributed by atoms with Gasteiger partial charge in [-0.05, 0) is 68.1 Å². The van der Waals surface area contributed by atoms with Crippen LogP contribution in [0.25, 0.3) is 0 Å². The average molecular weight is 682 g/mol. The molecule has 5 amide bonds. The number of fused-ring (bicyclic) bond motifs is 1. The first-order valence-electron chi connectivity index (χ1n) is 18.4. The SMILES string of the molecule is CCC[C@H](NC(=O)C1[C@H]2CCC[C@H]2CN1C(=O)[C@@H](NC(=O)[C@@H](NC(=O)c1cnccn1)C1CCCCC1)C(C)(C)C)[C@@H](O)C(=O)NC1CC1. The smallest absolute Gasteiger partial charge is 0.272 e. The van der Waals surface area contributed by atoms with E-state index in [-0.39, 0.29) is 41.3 Å². The lowest BCUT2D eigenvalue weighted by atomic mass is 9.82. The lowest BCUT2D eigenvalue weighted by Gasteiger charge is -2.38. The summed E-state index contributed by atoms with van der Waals surface area (Å²) in [6.07, 6.45) is 12.8. The van der Waals surface area contributed by atoms with Gasteiger partial charge in [-0.3, -0.25) is 29.0 Å². The monoisotopic (exact) mass is 681 g/mol. The Labute approximate surface area is 289 Å². The van der Waals surface area contributed by atoms with Gasteiger partial charge in [0.25, 0.3) is 11.8 Å². The van der Waals surface area contributed by atoms with E-state index in [0.29, 0.717) is 19.4 Å². The van der Waals surface area contributed by atoms with E-state index < -0.39 is 53.4 Å². The third kappa shape index (κ3) is 8.95. The first kappa shape index (κ1) is 36.7. The maximum absolute atomic E-state index is 14.6. The van der Waals surface area contributed by atoms with Gasteiger partial charge < -0.3 is 31.3 Å². The van der Waals surface area contributed by atoms with E-state index in [1.54, 1.807) is 4.90 Å². The molecule has 0 spiro atoms. The van der Waals surface area contributed by atoms with Gasteiger partial charge >= 0.3 is 0 Å². The summed E-state index contributed by atoms with van der Waals surface area (Å²) in [6, 6.07) is -3.35. The Morgan fingerprint density at radius 3 is 2.29 bits per heavy atom. The van der Waals surface area contributed by atoms with Crippen LogP contribution in [0.15, 0.2) is 18.6 Å². The molecule has 5 rings (SSSR count). The van der Waals surface area contributed by atoms with Crippen LogP contribution >= 0.6 is 0 Å². The zero-order chi connectivity index (χ0) is 35.3. The van der Waals surface area contributed by atoms with Crippen molar-refractivity contribution in [3.8, 4) is 0 Å². The van der Waals surface area contributed by atoms with Crippen molar-refractivity contribution in [1.29, 1.82) is 0 Å². The summed E-state index contributed by atoms with van der Waals surface area (Å²) in [5, 5.41) is 22.6. The topological polar surface area (TPSA) is 183 Å². The molecule has 13 nitrogen and oxygen atoms in total. The van der Waals surface area contributed by atoms with Crippen LogP contribution in [0.3, 0.4) is 0 Å². The van der Waals surface area contributed by atoms with Gasteiger partial charge in [0.05, 0.1) is 12.2 Å². The molecule has 7 atom stereocenters. The van der Waals surface area contributed by atoms with Crippen LogP contribution in [-0.2, 0) is 19.2 Å². The number of rotatable bonds is 13. The molecular formula is C36H55N7O6. The number of carbonyl (C=O) groups is 5. The standard InChI is InChI=1S/C36H55N7O6/c1-5-10-25(29(44)34(48)39-23-15-16-23)40-33(47)28-24-14-9-13-22(24)20-43(28)35(49)30(36(2,3)4)42-32(46)27(21-11-7-6-8-12-21)41-31(45)26-19-37-17-18-38-26/h17-19,21-25,27-30,44H,5-16,20H2,1-4H3,(H,39,48)(H,40,47)(H,41,45)(H,42,46)/t22-,24-,25-,27-,28?,29+,30+/m0/s1. The van der Waals surface area contributed by atoms with Crippen LogP contribution < -0.4 is 21.3 Å². The minimum atomic E-state index is -1.40. The third-order valence-electron chi connectivity index (χ3n) is 10.8. The molecule has 1 unspecified atom stereocenters. The summed E-state index contributed by atoms with van der Waals surface area (Å²) in [6.45, 7) is 7.95. The largest absolute Gasteiger partial charge is 0.381 e. The zero-order valence-corrected chi connectivity index (χ0v) is 29.5. The second-order valence-electron chi connectivity index (χ2n) is 15.7. The molecule has 5 N–H and O–H groups in total. The Morgan fingerprint density at radius 1 is 0.918 bits per heavy atom. The van der Waals surface area contributed by atoms with Crippen molar-refractivity contribution < 1.29 is 29.1 Å². The molecule has 49 heavy (non-hydrogen) atoms. The molecule has 1 saturated heterocycles. The number of likely N-dealkylation sites (tertiary alicyclic amines) is 1. The molecule has 1 aliphatic heterocycles. The molecule has 4 fully saturated rings. The number of hydrogen-bond donors (Lipinski definition) is 5. The first-order valence-corrected chi connectivity index (χ1v) is 18.4.